The Morgan fingerprint density at radius 2 is 1.75 bits per heavy atom. The molecule has 2 fully saturated rings. The van der Waals surface area contributed by atoms with Gasteiger partial charge in [0.05, 0.1) is 0 Å². The van der Waals surface area contributed by atoms with E-state index in [0.717, 1.165) is 38.5 Å². The van der Waals surface area contributed by atoms with Gasteiger partial charge >= 0.3 is 0 Å². The van der Waals surface area contributed by atoms with Crippen molar-refractivity contribution < 1.29 is 9.00 Å². The van der Waals surface area contributed by atoms with Crippen molar-refractivity contribution in [1.82, 2.24) is 0 Å². The molecule has 1 aromatic rings. The van der Waals surface area contributed by atoms with Crippen molar-refractivity contribution in [3.8, 4) is 0 Å². The van der Waals surface area contributed by atoms with Gasteiger partial charge in [-0.1, -0.05) is 30.3 Å². The zero-order chi connectivity index (χ0) is 13.9. The molecule has 2 heterocycles. The van der Waals surface area contributed by atoms with Crippen LogP contribution in [-0.2, 0) is 22.0 Å². The average Bonchev–Trinajstić information content (AvgIpc) is 2.69. The highest BCUT2D eigenvalue weighted by Crippen LogP contribution is 2.39. The monoisotopic (exact) mass is 290 g/mol. The number of ketones is 1. The van der Waals surface area contributed by atoms with Crippen LogP contribution in [-0.4, -0.2) is 20.5 Å². The fraction of sp³-hybridized carbons (Fsp3) is 0.588. The minimum atomic E-state index is -0.643. The first-order chi connectivity index (χ1) is 9.74. The van der Waals surface area contributed by atoms with Gasteiger partial charge < -0.3 is 0 Å². The summed E-state index contributed by atoms with van der Waals surface area (Å²) in [5.74, 6) is 0.607. The predicted octanol–water partition coefficient (Wildman–Crippen LogP) is 3.27. The Hall–Kier alpha value is -0.960. The van der Waals surface area contributed by atoms with Crippen molar-refractivity contribution in [1.29, 1.82) is 0 Å². The zero-order valence-electron chi connectivity index (χ0n) is 11.8. The summed E-state index contributed by atoms with van der Waals surface area (Å²) in [6.45, 7) is 0. The lowest BCUT2D eigenvalue weighted by Gasteiger charge is -2.26. The summed E-state index contributed by atoms with van der Waals surface area (Å²) in [7, 11) is -0.643. The standard InChI is InChI=1S/C17H22O2S/c18-17(8-4-7-13-5-2-1-3-6-13)14-11-15-9-10-16(12-14)20(15)19/h1-3,5-6,14-16H,4,7-12H2. The second-order valence-corrected chi connectivity index (χ2v) is 8.11. The smallest absolute Gasteiger partial charge is 0.136 e. The van der Waals surface area contributed by atoms with Crippen LogP contribution in [0.3, 0.4) is 0 Å². The molecule has 2 atom stereocenters. The third-order valence-electron chi connectivity index (χ3n) is 4.75. The summed E-state index contributed by atoms with van der Waals surface area (Å²) in [6, 6.07) is 10.4. The van der Waals surface area contributed by atoms with E-state index in [1.807, 2.05) is 18.2 Å². The van der Waals surface area contributed by atoms with Crippen LogP contribution in [0, 0.1) is 5.92 Å². The number of carbonyl (C=O) groups excluding carboxylic acids is 1. The van der Waals surface area contributed by atoms with Crippen molar-refractivity contribution in [2.24, 2.45) is 5.92 Å². The number of hydrogen-bond donors (Lipinski definition) is 0. The molecule has 0 spiro atoms. The lowest BCUT2D eigenvalue weighted by Crippen LogP contribution is -2.32. The van der Waals surface area contributed by atoms with Crippen LogP contribution >= 0.6 is 0 Å². The van der Waals surface area contributed by atoms with Gasteiger partial charge in [-0.3, -0.25) is 9.00 Å². The lowest BCUT2D eigenvalue weighted by molar-refractivity contribution is -0.123. The normalized spacial score (nSPS) is 32.2. The van der Waals surface area contributed by atoms with Crippen molar-refractivity contribution in [3.05, 3.63) is 35.9 Å². The summed E-state index contributed by atoms with van der Waals surface area (Å²) in [5.41, 5.74) is 1.31. The second-order valence-electron chi connectivity index (χ2n) is 6.12. The summed E-state index contributed by atoms with van der Waals surface area (Å²) in [5, 5.41) is 0.633. The maximum atomic E-state index is 12.3. The van der Waals surface area contributed by atoms with Crippen LogP contribution in [0.4, 0.5) is 0 Å². The number of carbonyl (C=O) groups is 1. The van der Waals surface area contributed by atoms with Crippen molar-refractivity contribution >= 4 is 16.6 Å². The first-order valence-corrected chi connectivity index (χ1v) is 8.97. The fourth-order valence-electron chi connectivity index (χ4n) is 3.61. The molecule has 0 radical (unpaired) electrons. The third-order valence-corrected chi connectivity index (χ3v) is 6.92. The van der Waals surface area contributed by atoms with Crippen LogP contribution in [0.1, 0.15) is 44.1 Å². The van der Waals surface area contributed by atoms with Gasteiger partial charge in [-0.2, -0.15) is 0 Å². The summed E-state index contributed by atoms with van der Waals surface area (Å²) >= 11 is 0. The molecule has 0 N–H and O–H groups in total. The Morgan fingerprint density at radius 3 is 2.40 bits per heavy atom. The van der Waals surface area contributed by atoms with Gasteiger partial charge in [0.1, 0.15) is 5.78 Å². The molecular formula is C17H22O2S. The maximum Gasteiger partial charge on any atom is 0.136 e. The topological polar surface area (TPSA) is 34.1 Å². The van der Waals surface area contributed by atoms with E-state index in [1.54, 1.807) is 0 Å². The first-order valence-electron chi connectivity index (χ1n) is 7.70. The van der Waals surface area contributed by atoms with Gasteiger partial charge in [0.2, 0.25) is 0 Å². The number of rotatable bonds is 5. The second kappa shape index (κ2) is 6.21. The number of hydrogen-bond acceptors (Lipinski definition) is 2. The predicted molar refractivity (Wildman–Crippen MR) is 82.1 cm³/mol. The molecule has 0 amide bonds. The van der Waals surface area contributed by atoms with Crippen molar-refractivity contribution in [3.63, 3.8) is 0 Å². The van der Waals surface area contributed by atoms with Gasteiger partial charge in [-0.25, -0.2) is 0 Å². The van der Waals surface area contributed by atoms with Crippen LogP contribution in [0.25, 0.3) is 0 Å². The van der Waals surface area contributed by atoms with Gasteiger partial charge in [0.15, 0.2) is 0 Å². The van der Waals surface area contributed by atoms with E-state index in [9.17, 15) is 9.00 Å². The fourth-order valence-corrected chi connectivity index (χ4v) is 5.74. The molecule has 2 aliphatic rings. The SMILES string of the molecule is O=C(CCCc1ccccc1)C1CC2CCC(C1)S2=O. The van der Waals surface area contributed by atoms with Crippen LogP contribution in [0.5, 0.6) is 0 Å². The zero-order valence-corrected chi connectivity index (χ0v) is 12.6. The van der Waals surface area contributed by atoms with Crippen LogP contribution in [0.15, 0.2) is 30.3 Å². The number of Topliss-reactive ketones (excluding diaryl/α,β-unsaturated/α-hetero) is 1. The molecular weight excluding hydrogens is 268 g/mol. The molecule has 3 rings (SSSR count). The summed E-state index contributed by atoms with van der Waals surface area (Å²) in [4.78, 5) is 12.3. The van der Waals surface area contributed by atoms with E-state index in [1.165, 1.54) is 5.56 Å². The van der Waals surface area contributed by atoms with E-state index >= 15 is 0 Å². The summed E-state index contributed by atoms with van der Waals surface area (Å²) in [6.07, 6.45) is 6.53. The van der Waals surface area contributed by atoms with E-state index in [-0.39, 0.29) is 5.92 Å². The quantitative estimate of drug-likeness (QED) is 0.834. The minimum Gasteiger partial charge on any atom is -0.299 e. The first kappa shape index (κ1) is 14.0. The largest absolute Gasteiger partial charge is 0.299 e. The highest BCUT2D eigenvalue weighted by Gasteiger charge is 2.42. The third kappa shape index (κ3) is 3.03. The molecule has 3 heteroatoms. The van der Waals surface area contributed by atoms with E-state index in [0.29, 0.717) is 22.7 Å². The molecule has 2 nitrogen and oxygen atoms in total. The van der Waals surface area contributed by atoms with E-state index in [2.05, 4.69) is 12.1 Å². The lowest BCUT2D eigenvalue weighted by atomic mass is 9.91. The van der Waals surface area contributed by atoms with Gasteiger partial charge in [-0.05, 0) is 44.1 Å². The highest BCUT2D eigenvalue weighted by molar-refractivity contribution is 7.86. The molecule has 20 heavy (non-hydrogen) atoms. The van der Waals surface area contributed by atoms with Gasteiger partial charge in [0.25, 0.3) is 0 Å². The van der Waals surface area contributed by atoms with Crippen molar-refractivity contribution in [2.75, 3.05) is 0 Å². The Labute approximate surface area is 123 Å². The molecule has 2 bridgehead atoms. The number of fused-ring (bicyclic) bond motifs is 2. The molecule has 0 aliphatic carbocycles. The Morgan fingerprint density at radius 1 is 1.10 bits per heavy atom. The Kier molecular flexibility index (Phi) is 4.35. The Balaban J connectivity index is 1.47. The van der Waals surface area contributed by atoms with Crippen molar-refractivity contribution in [2.45, 2.75) is 55.4 Å². The Bertz CT molecular complexity index is 481. The average molecular weight is 290 g/mol. The molecule has 1 aromatic carbocycles. The molecule has 2 saturated heterocycles. The molecule has 0 saturated carbocycles. The number of benzene rings is 1. The number of aryl methyl sites for hydroxylation is 1. The van der Waals surface area contributed by atoms with Gasteiger partial charge in [-0.15, -0.1) is 0 Å². The van der Waals surface area contributed by atoms with E-state index in [4.69, 9.17) is 0 Å². The van der Waals surface area contributed by atoms with E-state index < -0.39 is 10.8 Å². The van der Waals surface area contributed by atoms with Crippen LogP contribution in [0.2, 0.25) is 0 Å². The highest BCUT2D eigenvalue weighted by atomic mass is 32.2. The molecule has 2 aliphatic heterocycles. The van der Waals surface area contributed by atoms with Crippen LogP contribution < -0.4 is 0 Å². The maximum absolute atomic E-state index is 12.3. The molecule has 108 valence electrons. The minimum absolute atomic E-state index is 0.195. The molecule has 2 unspecified atom stereocenters. The van der Waals surface area contributed by atoms with Gasteiger partial charge in [0, 0.05) is 33.6 Å². The summed E-state index contributed by atoms with van der Waals surface area (Å²) < 4.78 is 12.0. The molecule has 0 aromatic heterocycles.